The molecule has 2 aromatic carbocycles. The van der Waals surface area contributed by atoms with Crippen LogP contribution < -0.4 is 5.32 Å². The van der Waals surface area contributed by atoms with Crippen LogP contribution in [0.2, 0.25) is 0 Å². The Morgan fingerprint density at radius 1 is 1.05 bits per heavy atom. The molecular formula is C17H18N2O. The number of hydrogen-bond acceptors (Lipinski definition) is 2. The summed E-state index contributed by atoms with van der Waals surface area (Å²) in [5, 5.41) is 4.69. The van der Waals surface area contributed by atoms with Crippen LogP contribution in [-0.4, -0.2) is 12.1 Å². The van der Waals surface area contributed by atoms with Crippen LogP contribution >= 0.6 is 0 Å². The molecule has 0 aliphatic heterocycles. The van der Waals surface area contributed by atoms with Gasteiger partial charge in [0.15, 0.2) is 0 Å². The maximum atomic E-state index is 5.15. The number of anilines is 1. The fourth-order valence-electron chi connectivity index (χ4n) is 2.35. The number of H-pyrrole nitrogens is 1. The zero-order chi connectivity index (χ0) is 13.8. The van der Waals surface area contributed by atoms with Crippen molar-refractivity contribution in [2.45, 2.75) is 13.2 Å². The Kier molecular flexibility index (Phi) is 3.70. The topological polar surface area (TPSA) is 37.0 Å². The number of nitrogens with one attached hydrogen (secondary N) is 2. The summed E-state index contributed by atoms with van der Waals surface area (Å²) in [7, 11) is 1.71. The summed E-state index contributed by atoms with van der Waals surface area (Å²) in [4.78, 5) is 3.24. The van der Waals surface area contributed by atoms with E-state index in [9.17, 15) is 0 Å². The van der Waals surface area contributed by atoms with Crippen molar-refractivity contribution in [3.05, 3.63) is 65.9 Å². The largest absolute Gasteiger partial charge is 0.381 e. The lowest BCUT2D eigenvalue weighted by Crippen LogP contribution is -2.00. The first-order valence-corrected chi connectivity index (χ1v) is 6.73. The number of hydrogen-bond donors (Lipinski definition) is 2. The number of fused-ring (bicyclic) bond motifs is 1. The molecule has 2 N–H and O–H groups in total. The molecule has 0 aliphatic rings. The predicted octanol–water partition coefficient (Wildman–Crippen LogP) is 3.93. The molecule has 3 rings (SSSR count). The Balaban J connectivity index is 1.70. The minimum atomic E-state index is 0.643. The normalized spacial score (nSPS) is 10.8. The second-order valence-electron chi connectivity index (χ2n) is 4.89. The van der Waals surface area contributed by atoms with Gasteiger partial charge in [0.1, 0.15) is 0 Å². The van der Waals surface area contributed by atoms with Gasteiger partial charge in [0, 0.05) is 31.1 Å². The molecule has 0 unspecified atom stereocenters. The first kappa shape index (κ1) is 12.8. The third-order valence-corrected chi connectivity index (χ3v) is 3.35. The van der Waals surface area contributed by atoms with Crippen LogP contribution in [0.15, 0.2) is 54.7 Å². The van der Waals surface area contributed by atoms with E-state index in [1.807, 2.05) is 12.3 Å². The molecule has 1 heterocycles. The van der Waals surface area contributed by atoms with Crippen LogP contribution in [0.25, 0.3) is 10.9 Å². The van der Waals surface area contributed by atoms with E-state index in [0.29, 0.717) is 6.61 Å². The molecule has 0 atom stereocenters. The highest BCUT2D eigenvalue weighted by molar-refractivity contribution is 5.79. The van der Waals surface area contributed by atoms with E-state index in [4.69, 9.17) is 4.74 Å². The molecule has 0 aliphatic carbocycles. The summed E-state index contributed by atoms with van der Waals surface area (Å²) >= 11 is 0. The number of ether oxygens (including phenoxy) is 1. The van der Waals surface area contributed by atoms with Gasteiger partial charge in [-0.1, -0.05) is 24.3 Å². The monoisotopic (exact) mass is 266 g/mol. The standard InChI is InChI=1S/C17H18N2O/c1-20-12-14-3-2-4-16(9-14)19-11-13-5-6-15-7-8-18-17(15)10-13/h2-10,18-19H,11-12H2,1H3. The summed E-state index contributed by atoms with van der Waals surface area (Å²) in [6, 6.07) is 16.9. The summed E-state index contributed by atoms with van der Waals surface area (Å²) in [6.07, 6.45) is 1.97. The maximum absolute atomic E-state index is 5.15. The highest BCUT2D eigenvalue weighted by Crippen LogP contribution is 2.16. The molecule has 0 fully saturated rings. The minimum absolute atomic E-state index is 0.643. The molecule has 3 nitrogen and oxygen atoms in total. The fourth-order valence-corrected chi connectivity index (χ4v) is 2.35. The lowest BCUT2D eigenvalue weighted by molar-refractivity contribution is 0.185. The van der Waals surface area contributed by atoms with Crippen molar-refractivity contribution in [3.8, 4) is 0 Å². The lowest BCUT2D eigenvalue weighted by atomic mass is 10.1. The number of aromatic amines is 1. The van der Waals surface area contributed by atoms with Gasteiger partial charge in [-0.2, -0.15) is 0 Å². The second kappa shape index (κ2) is 5.80. The highest BCUT2D eigenvalue weighted by Gasteiger charge is 1.99. The highest BCUT2D eigenvalue weighted by atomic mass is 16.5. The van der Waals surface area contributed by atoms with Gasteiger partial charge in [0.05, 0.1) is 6.61 Å². The number of rotatable bonds is 5. The Bertz CT molecular complexity index is 703. The lowest BCUT2D eigenvalue weighted by Gasteiger charge is -2.08. The quantitative estimate of drug-likeness (QED) is 0.734. The molecule has 0 saturated heterocycles. The van der Waals surface area contributed by atoms with E-state index < -0.39 is 0 Å². The van der Waals surface area contributed by atoms with Crippen LogP contribution in [0, 0.1) is 0 Å². The van der Waals surface area contributed by atoms with Crippen molar-refractivity contribution < 1.29 is 4.74 Å². The zero-order valence-corrected chi connectivity index (χ0v) is 11.5. The molecule has 0 bridgehead atoms. The summed E-state index contributed by atoms with van der Waals surface area (Å²) < 4.78 is 5.15. The molecule has 0 saturated carbocycles. The Morgan fingerprint density at radius 3 is 2.90 bits per heavy atom. The van der Waals surface area contributed by atoms with Crippen LogP contribution in [0.3, 0.4) is 0 Å². The Hall–Kier alpha value is -2.26. The number of methoxy groups -OCH3 is 1. The summed E-state index contributed by atoms with van der Waals surface area (Å²) in [5.41, 5.74) is 4.73. The molecule has 3 heteroatoms. The smallest absolute Gasteiger partial charge is 0.0713 e. The van der Waals surface area contributed by atoms with Crippen molar-refractivity contribution in [1.29, 1.82) is 0 Å². The molecule has 0 amide bonds. The maximum Gasteiger partial charge on any atom is 0.0713 e. The molecule has 3 aromatic rings. The van der Waals surface area contributed by atoms with Crippen LogP contribution in [0.1, 0.15) is 11.1 Å². The van der Waals surface area contributed by atoms with E-state index in [-0.39, 0.29) is 0 Å². The Morgan fingerprint density at radius 2 is 2.00 bits per heavy atom. The van der Waals surface area contributed by atoms with Crippen molar-refractivity contribution in [2.24, 2.45) is 0 Å². The number of benzene rings is 2. The second-order valence-corrected chi connectivity index (χ2v) is 4.89. The van der Waals surface area contributed by atoms with Gasteiger partial charge < -0.3 is 15.0 Å². The Labute approximate surface area is 118 Å². The first-order valence-electron chi connectivity index (χ1n) is 6.73. The van der Waals surface area contributed by atoms with Crippen molar-refractivity contribution in [1.82, 2.24) is 4.98 Å². The van der Waals surface area contributed by atoms with Gasteiger partial charge in [0.25, 0.3) is 0 Å². The third-order valence-electron chi connectivity index (χ3n) is 3.35. The van der Waals surface area contributed by atoms with E-state index in [0.717, 1.165) is 12.2 Å². The zero-order valence-electron chi connectivity index (χ0n) is 11.5. The molecule has 20 heavy (non-hydrogen) atoms. The van der Waals surface area contributed by atoms with E-state index >= 15 is 0 Å². The van der Waals surface area contributed by atoms with Gasteiger partial charge in [-0.05, 0) is 40.8 Å². The van der Waals surface area contributed by atoms with Gasteiger partial charge in [0.2, 0.25) is 0 Å². The van der Waals surface area contributed by atoms with E-state index in [1.165, 1.54) is 22.0 Å². The van der Waals surface area contributed by atoms with Gasteiger partial charge in [-0.15, -0.1) is 0 Å². The van der Waals surface area contributed by atoms with E-state index in [1.54, 1.807) is 7.11 Å². The van der Waals surface area contributed by atoms with Crippen molar-refractivity contribution in [2.75, 3.05) is 12.4 Å². The van der Waals surface area contributed by atoms with Gasteiger partial charge in [-0.25, -0.2) is 0 Å². The first-order chi connectivity index (χ1) is 9.85. The predicted molar refractivity (Wildman–Crippen MR) is 82.8 cm³/mol. The molecule has 0 radical (unpaired) electrons. The average Bonchev–Trinajstić information content (AvgIpc) is 2.93. The van der Waals surface area contributed by atoms with Gasteiger partial charge in [-0.3, -0.25) is 0 Å². The summed E-state index contributed by atoms with van der Waals surface area (Å²) in [6.45, 7) is 1.45. The third kappa shape index (κ3) is 2.83. The molecule has 102 valence electrons. The molecule has 1 aromatic heterocycles. The van der Waals surface area contributed by atoms with Crippen molar-refractivity contribution in [3.63, 3.8) is 0 Å². The summed E-state index contributed by atoms with van der Waals surface area (Å²) in [5.74, 6) is 0. The average molecular weight is 266 g/mol. The molecule has 0 spiro atoms. The van der Waals surface area contributed by atoms with Crippen molar-refractivity contribution >= 4 is 16.6 Å². The minimum Gasteiger partial charge on any atom is -0.381 e. The van der Waals surface area contributed by atoms with Gasteiger partial charge >= 0.3 is 0 Å². The van der Waals surface area contributed by atoms with Crippen LogP contribution in [0.5, 0.6) is 0 Å². The van der Waals surface area contributed by atoms with Crippen LogP contribution in [-0.2, 0) is 17.9 Å². The van der Waals surface area contributed by atoms with Crippen LogP contribution in [0.4, 0.5) is 5.69 Å². The fraction of sp³-hybridized carbons (Fsp3) is 0.176. The molecular weight excluding hydrogens is 248 g/mol. The van der Waals surface area contributed by atoms with E-state index in [2.05, 4.69) is 52.8 Å². The SMILES string of the molecule is COCc1cccc(NCc2ccc3cc[nH]c3c2)c1. The number of aromatic nitrogens is 1.